The van der Waals surface area contributed by atoms with Crippen LogP contribution in [-0.2, 0) is 5.41 Å². The molecule has 1 aromatic rings. The molecule has 0 aliphatic rings. The number of hydrogen-bond donors (Lipinski definition) is 1. The van der Waals surface area contributed by atoms with Gasteiger partial charge in [0.15, 0.2) is 0 Å². The molecule has 0 aliphatic heterocycles. The van der Waals surface area contributed by atoms with E-state index in [1.54, 1.807) is 0 Å². The van der Waals surface area contributed by atoms with Gasteiger partial charge in [-0.15, -0.1) is 0 Å². The summed E-state index contributed by atoms with van der Waals surface area (Å²) in [7, 11) is 0. The Bertz CT molecular complexity index is 356. The zero-order valence-electron chi connectivity index (χ0n) is 12.3. The first kappa shape index (κ1) is 15.0. The molecule has 18 heavy (non-hydrogen) atoms. The minimum Gasteiger partial charge on any atom is -0.491 e. The standard InChI is InChI=1S/C16H26O2/c1-6-16(17,7-2)12-18-14-10-8-13(9-11-14)15(3,4)5/h8-11,17H,6-7,12H2,1-5H3. The third-order valence-corrected chi connectivity index (χ3v) is 3.54. The van der Waals surface area contributed by atoms with Crippen molar-refractivity contribution in [3.8, 4) is 5.75 Å². The Morgan fingerprint density at radius 2 is 1.50 bits per heavy atom. The molecule has 0 atom stereocenters. The minimum absolute atomic E-state index is 0.159. The predicted octanol–water partition coefficient (Wildman–Crippen LogP) is 3.91. The SMILES string of the molecule is CCC(O)(CC)COc1ccc(C(C)(C)C)cc1. The maximum Gasteiger partial charge on any atom is 0.119 e. The third-order valence-electron chi connectivity index (χ3n) is 3.54. The summed E-state index contributed by atoms with van der Waals surface area (Å²) in [5.74, 6) is 0.823. The Balaban J connectivity index is 2.65. The molecule has 0 radical (unpaired) electrons. The van der Waals surface area contributed by atoms with Crippen LogP contribution in [-0.4, -0.2) is 17.3 Å². The maximum atomic E-state index is 10.1. The molecule has 1 aromatic carbocycles. The van der Waals surface area contributed by atoms with Crippen molar-refractivity contribution in [2.24, 2.45) is 0 Å². The highest BCUT2D eigenvalue weighted by Gasteiger charge is 2.23. The lowest BCUT2D eigenvalue weighted by Gasteiger charge is -2.25. The second kappa shape index (κ2) is 5.75. The average molecular weight is 250 g/mol. The lowest BCUT2D eigenvalue weighted by Crippen LogP contribution is -2.34. The Morgan fingerprint density at radius 1 is 1.00 bits per heavy atom. The van der Waals surface area contributed by atoms with E-state index in [4.69, 9.17) is 4.74 Å². The second-order valence-corrected chi connectivity index (χ2v) is 5.99. The van der Waals surface area contributed by atoms with Gasteiger partial charge in [0.25, 0.3) is 0 Å². The molecule has 0 saturated heterocycles. The lowest BCUT2D eigenvalue weighted by molar-refractivity contribution is -0.0113. The monoisotopic (exact) mass is 250 g/mol. The Hall–Kier alpha value is -1.02. The van der Waals surface area contributed by atoms with E-state index in [-0.39, 0.29) is 5.41 Å². The molecule has 0 bridgehead atoms. The molecule has 1 rings (SSSR count). The van der Waals surface area contributed by atoms with Crippen molar-refractivity contribution in [1.29, 1.82) is 0 Å². The van der Waals surface area contributed by atoms with Gasteiger partial charge in [-0.2, -0.15) is 0 Å². The van der Waals surface area contributed by atoms with Crippen molar-refractivity contribution in [3.05, 3.63) is 29.8 Å². The van der Waals surface area contributed by atoms with Crippen LogP contribution >= 0.6 is 0 Å². The maximum absolute atomic E-state index is 10.1. The molecule has 102 valence electrons. The van der Waals surface area contributed by atoms with E-state index in [1.165, 1.54) is 5.56 Å². The van der Waals surface area contributed by atoms with Gasteiger partial charge in [0, 0.05) is 0 Å². The normalized spacial score (nSPS) is 12.6. The first-order chi connectivity index (χ1) is 8.30. The lowest BCUT2D eigenvalue weighted by atomic mass is 9.87. The summed E-state index contributed by atoms with van der Waals surface area (Å²) in [4.78, 5) is 0. The summed E-state index contributed by atoms with van der Waals surface area (Å²) in [6, 6.07) is 8.14. The van der Waals surface area contributed by atoms with Gasteiger partial charge in [-0.1, -0.05) is 46.8 Å². The molecule has 0 amide bonds. The molecule has 1 N–H and O–H groups in total. The van der Waals surface area contributed by atoms with Crippen LogP contribution in [0.2, 0.25) is 0 Å². The van der Waals surface area contributed by atoms with Gasteiger partial charge >= 0.3 is 0 Å². The van der Waals surface area contributed by atoms with Gasteiger partial charge in [0.1, 0.15) is 12.4 Å². The summed E-state index contributed by atoms with van der Waals surface area (Å²) in [5, 5.41) is 10.1. The minimum atomic E-state index is -0.706. The smallest absolute Gasteiger partial charge is 0.119 e. The fourth-order valence-corrected chi connectivity index (χ4v) is 1.72. The molecule has 2 nitrogen and oxygen atoms in total. The van der Waals surface area contributed by atoms with Crippen LogP contribution in [0.5, 0.6) is 5.75 Å². The van der Waals surface area contributed by atoms with Crippen LogP contribution in [0.3, 0.4) is 0 Å². The number of hydrogen-bond acceptors (Lipinski definition) is 2. The molecule has 0 saturated carbocycles. The summed E-state index contributed by atoms with van der Waals surface area (Å²) < 4.78 is 5.67. The van der Waals surface area contributed by atoms with Gasteiger partial charge in [0.2, 0.25) is 0 Å². The van der Waals surface area contributed by atoms with Gasteiger partial charge in [-0.3, -0.25) is 0 Å². The van der Waals surface area contributed by atoms with E-state index in [0.717, 1.165) is 5.75 Å². The highest BCUT2D eigenvalue weighted by atomic mass is 16.5. The topological polar surface area (TPSA) is 29.5 Å². The van der Waals surface area contributed by atoms with E-state index in [0.29, 0.717) is 19.4 Å². The summed E-state index contributed by atoms with van der Waals surface area (Å²) >= 11 is 0. The molecule has 2 heteroatoms. The number of rotatable bonds is 5. The molecule has 0 unspecified atom stereocenters. The molecule has 0 aliphatic carbocycles. The Kier molecular flexibility index (Phi) is 4.80. The van der Waals surface area contributed by atoms with Crippen molar-refractivity contribution < 1.29 is 9.84 Å². The van der Waals surface area contributed by atoms with Gasteiger partial charge in [-0.05, 0) is 36.0 Å². The quantitative estimate of drug-likeness (QED) is 0.858. The van der Waals surface area contributed by atoms with E-state index in [1.807, 2.05) is 26.0 Å². The van der Waals surface area contributed by atoms with Crippen LogP contribution in [0.4, 0.5) is 0 Å². The number of benzene rings is 1. The Morgan fingerprint density at radius 3 is 1.89 bits per heavy atom. The van der Waals surface area contributed by atoms with E-state index < -0.39 is 5.60 Å². The highest BCUT2D eigenvalue weighted by molar-refractivity contribution is 5.31. The number of aliphatic hydroxyl groups is 1. The van der Waals surface area contributed by atoms with Crippen molar-refractivity contribution in [1.82, 2.24) is 0 Å². The summed E-state index contributed by atoms with van der Waals surface area (Å²) in [5.41, 5.74) is 0.741. The fourth-order valence-electron chi connectivity index (χ4n) is 1.72. The van der Waals surface area contributed by atoms with E-state index in [9.17, 15) is 5.11 Å². The average Bonchev–Trinajstić information content (AvgIpc) is 2.35. The van der Waals surface area contributed by atoms with Crippen molar-refractivity contribution in [2.75, 3.05) is 6.61 Å². The van der Waals surface area contributed by atoms with Crippen LogP contribution in [0.15, 0.2) is 24.3 Å². The van der Waals surface area contributed by atoms with E-state index >= 15 is 0 Å². The van der Waals surface area contributed by atoms with Crippen LogP contribution < -0.4 is 4.74 Å². The van der Waals surface area contributed by atoms with Crippen molar-refractivity contribution >= 4 is 0 Å². The molecule has 0 aromatic heterocycles. The first-order valence-corrected chi connectivity index (χ1v) is 6.76. The molecular formula is C16H26O2. The largest absolute Gasteiger partial charge is 0.491 e. The molecule has 0 fully saturated rings. The molecule has 0 heterocycles. The molecule has 0 spiro atoms. The Labute approximate surface area is 111 Å². The zero-order chi connectivity index (χ0) is 13.8. The van der Waals surface area contributed by atoms with Gasteiger partial charge < -0.3 is 9.84 Å². The van der Waals surface area contributed by atoms with Crippen LogP contribution in [0, 0.1) is 0 Å². The van der Waals surface area contributed by atoms with Crippen molar-refractivity contribution in [3.63, 3.8) is 0 Å². The van der Waals surface area contributed by atoms with Crippen LogP contribution in [0.1, 0.15) is 53.0 Å². The predicted molar refractivity (Wildman–Crippen MR) is 76.2 cm³/mol. The summed E-state index contributed by atoms with van der Waals surface area (Å²) in [6.07, 6.45) is 1.42. The molecular weight excluding hydrogens is 224 g/mol. The number of ether oxygens (including phenoxy) is 1. The van der Waals surface area contributed by atoms with Gasteiger partial charge in [0.05, 0.1) is 5.60 Å². The summed E-state index contributed by atoms with van der Waals surface area (Å²) in [6.45, 7) is 10.9. The van der Waals surface area contributed by atoms with E-state index in [2.05, 4.69) is 32.9 Å². The van der Waals surface area contributed by atoms with Crippen LogP contribution in [0.25, 0.3) is 0 Å². The third kappa shape index (κ3) is 4.02. The highest BCUT2D eigenvalue weighted by Crippen LogP contribution is 2.25. The second-order valence-electron chi connectivity index (χ2n) is 5.99. The zero-order valence-corrected chi connectivity index (χ0v) is 12.3. The first-order valence-electron chi connectivity index (χ1n) is 6.76. The van der Waals surface area contributed by atoms with Crippen molar-refractivity contribution in [2.45, 2.75) is 58.5 Å². The van der Waals surface area contributed by atoms with Gasteiger partial charge in [-0.25, -0.2) is 0 Å². The fraction of sp³-hybridized carbons (Fsp3) is 0.625.